The number of carbonyl (C=O) groups excluding carboxylic acids is 4. The van der Waals surface area contributed by atoms with Gasteiger partial charge in [-0.1, -0.05) is 96.0 Å². The molecule has 37 heavy (non-hydrogen) atoms. The molecule has 0 aromatic carbocycles. The summed E-state index contributed by atoms with van der Waals surface area (Å²) < 4.78 is 20.7. The summed E-state index contributed by atoms with van der Waals surface area (Å²) in [6.07, 6.45) is 21.6. The quantitative estimate of drug-likeness (QED) is 0.0589. The van der Waals surface area contributed by atoms with Gasteiger partial charge >= 0.3 is 14.8 Å². The van der Waals surface area contributed by atoms with E-state index in [-0.39, 0.29) is 12.0 Å². The largest absolute Gasteiger partial charge is 0.705 e. The third-order valence-electron chi connectivity index (χ3n) is 5.82. The SMILES string of the molecule is CC=CC(=O)OCCCCCCCCCCCCCCCCCC[Si](OC(C)=O)(OC(C)=O)OC(C)=O. The van der Waals surface area contributed by atoms with Gasteiger partial charge < -0.3 is 18.0 Å². The van der Waals surface area contributed by atoms with Crippen LogP contribution in [0.15, 0.2) is 12.2 Å². The third-order valence-corrected chi connectivity index (χ3v) is 8.58. The first-order valence-electron chi connectivity index (χ1n) is 14.1. The van der Waals surface area contributed by atoms with Crippen LogP contribution in [-0.2, 0) is 37.2 Å². The molecule has 0 unspecified atom stereocenters. The van der Waals surface area contributed by atoms with Crippen LogP contribution in [-0.4, -0.2) is 39.3 Å². The van der Waals surface area contributed by atoms with Crippen LogP contribution in [0.5, 0.6) is 0 Å². The number of ether oxygens (including phenoxy) is 1. The van der Waals surface area contributed by atoms with Crippen molar-refractivity contribution in [3.8, 4) is 0 Å². The maximum Gasteiger partial charge on any atom is 0.705 e. The average Bonchev–Trinajstić information content (AvgIpc) is 2.79. The number of unbranched alkanes of at least 4 members (excludes halogenated alkanes) is 15. The summed E-state index contributed by atoms with van der Waals surface area (Å²) in [4.78, 5) is 45.6. The van der Waals surface area contributed by atoms with Gasteiger partial charge in [0, 0.05) is 26.8 Å². The Kier molecular flexibility index (Phi) is 21.6. The summed E-state index contributed by atoms with van der Waals surface area (Å²) in [5, 5.41) is 0. The van der Waals surface area contributed by atoms with Crippen LogP contribution >= 0.6 is 0 Å². The van der Waals surface area contributed by atoms with Crippen LogP contribution in [0.3, 0.4) is 0 Å². The Morgan fingerprint density at radius 2 is 0.865 bits per heavy atom. The van der Waals surface area contributed by atoms with Gasteiger partial charge in [-0.3, -0.25) is 14.4 Å². The predicted molar refractivity (Wildman–Crippen MR) is 146 cm³/mol. The third kappa shape index (κ3) is 22.7. The zero-order valence-electron chi connectivity index (χ0n) is 23.6. The topological polar surface area (TPSA) is 105 Å². The van der Waals surface area contributed by atoms with Gasteiger partial charge in [0.05, 0.1) is 12.7 Å². The summed E-state index contributed by atoms with van der Waals surface area (Å²) in [5.41, 5.74) is 0. The van der Waals surface area contributed by atoms with Gasteiger partial charge in [0.15, 0.2) is 0 Å². The maximum atomic E-state index is 11.5. The predicted octanol–water partition coefficient (Wildman–Crippen LogP) is 6.98. The molecule has 0 radical (unpaired) electrons. The lowest BCUT2D eigenvalue weighted by Crippen LogP contribution is -2.49. The summed E-state index contributed by atoms with van der Waals surface area (Å²) in [5.74, 6) is -2.11. The van der Waals surface area contributed by atoms with Crippen LogP contribution in [0.25, 0.3) is 0 Å². The highest BCUT2D eigenvalue weighted by Crippen LogP contribution is 2.22. The molecular formula is C28H50O8Si. The molecule has 0 amide bonds. The van der Waals surface area contributed by atoms with Gasteiger partial charge in [-0.15, -0.1) is 0 Å². The van der Waals surface area contributed by atoms with Crippen molar-refractivity contribution in [2.24, 2.45) is 0 Å². The van der Waals surface area contributed by atoms with Crippen molar-refractivity contribution in [3.63, 3.8) is 0 Å². The Bertz CT molecular complexity index is 636. The van der Waals surface area contributed by atoms with Crippen molar-refractivity contribution in [2.45, 2.75) is 136 Å². The van der Waals surface area contributed by atoms with Crippen molar-refractivity contribution in [2.75, 3.05) is 6.61 Å². The van der Waals surface area contributed by atoms with Crippen molar-refractivity contribution in [1.82, 2.24) is 0 Å². The summed E-state index contributed by atoms with van der Waals surface area (Å²) in [7, 11) is -3.67. The molecule has 0 aliphatic rings. The summed E-state index contributed by atoms with van der Waals surface area (Å²) >= 11 is 0. The van der Waals surface area contributed by atoms with Crippen molar-refractivity contribution < 1.29 is 37.2 Å². The minimum absolute atomic E-state index is 0.247. The second-order valence-corrected chi connectivity index (χ2v) is 12.0. The Hall–Kier alpha value is -2.16. The van der Waals surface area contributed by atoms with Crippen LogP contribution in [0.1, 0.15) is 130 Å². The smallest absolute Gasteiger partial charge is 0.463 e. The number of esters is 1. The van der Waals surface area contributed by atoms with E-state index in [4.69, 9.17) is 18.0 Å². The molecule has 0 aliphatic heterocycles. The molecule has 0 saturated heterocycles. The molecule has 0 aromatic heterocycles. The van der Waals surface area contributed by atoms with E-state index >= 15 is 0 Å². The van der Waals surface area contributed by atoms with E-state index in [9.17, 15) is 19.2 Å². The van der Waals surface area contributed by atoms with Crippen molar-refractivity contribution in [1.29, 1.82) is 0 Å². The summed E-state index contributed by atoms with van der Waals surface area (Å²) in [6.45, 7) is 5.97. The highest BCUT2D eigenvalue weighted by Gasteiger charge is 2.51. The Morgan fingerprint density at radius 3 is 1.19 bits per heavy atom. The number of hydrogen-bond donors (Lipinski definition) is 0. The van der Waals surface area contributed by atoms with Crippen LogP contribution in [0, 0.1) is 0 Å². The van der Waals surface area contributed by atoms with Gasteiger partial charge in [-0.25, -0.2) is 4.79 Å². The van der Waals surface area contributed by atoms with Gasteiger partial charge in [-0.05, 0) is 19.8 Å². The molecule has 0 aliphatic carbocycles. The van der Waals surface area contributed by atoms with Crippen LogP contribution in [0.4, 0.5) is 0 Å². The van der Waals surface area contributed by atoms with Gasteiger partial charge in [0.1, 0.15) is 0 Å². The molecule has 9 heteroatoms. The fourth-order valence-electron chi connectivity index (χ4n) is 4.15. The van der Waals surface area contributed by atoms with Crippen molar-refractivity contribution in [3.05, 3.63) is 12.2 Å². The average molecular weight is 543 g/mol. The fourth-order valence-corrected chi connectivity index (χ4v) is 6.58. The highest BCUT2D eigenvalue weighted by atomic mass is 28.4. The molecule has 0 atom stereocenters. The monoisotopic (exact) mass is 542 g/mol. The molecule has 8 nitrogen and oxygen atoms in total. The molecule has 0 rings (SSSR count). The normalized spacial score (nSPS) is 11.4. The Balaban J connectivity index is 3.65. The van der Waals surface area contributed by atoms with E-state index in [0.717, 1.165) is 32.1 Å². The minimum Gasteiger partial charge on any atom is -0.463 e. The second-order valence-electron chi connectivity index (χ2n) is 9.54. The first-order valence-corrected chi connectivity index (χ1v) is 16.0. The van der Waals surface area contributed by atoms with E-state index in [0.29, 0.717) is 13.0 Å². The first kappa shape index (κ1) is 34.8. The van der Waals surface area contributed by atoms with Gasteiger partial charge in [0.25, 0.3) is 17.9 Å². The number of allylic oxidation sites excluding steroid dienone is 1. The molecule has 0 spiro atoms. The molecule has 0 fully saturated rings. The van der Waals surface area contributed by atoms with E-state index in [2.05, 4.69) is 0 Å². The maximum absolute atomic E-state index is 11.5. The Morgan fingerprint density at radius 1 is 0.541 bits per heavy atom. The molecule has 214 valence electrons. The standard InChI is InChI=1S/C28H50O8Si/c1-5-22-28(32)33-23-20-18-16-14-12-10-8-6-7-9-11-13-15-17-19-21-24-37(34-25(2)29,35-26(3)30)36-27(4)31/h5,22H,6-21,23-24H2,1-4H3. The number of rotatable bonds is 23. The second kappa shape index (κ2) is 23.0. The lowest BCUT2D eigenvalue weighted by Gasteiger charge is -2.26. The van der Waals surface area contributed by atoms with Crippen LogP contribution < -0.4 is 0 Å². The Labute approximate surface area is 225 Å². The van der Waals surface area contributed by atoms with E-state index in [1.165, 1.54) is 91.1 Å². The van der Waals surface area contributed by atoms with E-state index in [1.807, 2.05) is 0 Å². The van der Waals surface area contributed by atoms with Gasteiger partial charge in [0.2, 0.25) is 0 Å². The molecule has 0 bridgehead atoms. The van der Waals surface area contributed by atoms with Gasteiger partial charge in [-0.2, -0.15) is 0 Å². The van der Waals surface area contributed by atoms with E-state index < -0.39 is 26.7 Å². The zero-order valence-corrected chi connectivity index (χ0v) is 24.6. The van der Waals surface area contributed by atoms with Crippen molar-refractivity contribution >= 4 is 32.7 Å². The molecule has 0 heterocycles. The lowest BCUT2D eigenvalue weighted by atomic mass is 10.0. The van der Waals surface area contributed by atoms with E-state index in [1.54, 1.807) is 13.0 Å². The number of carbonyl (C=O) groups is 4. The summed E-state index contributed by atoms with van der Waals surface area (Å²) in [6, 6.07) is 0.262. The first-order chi connectivity index (χ1) is 17.7. The molecular weight excluding hydrogens is 492 g/mol. The fraction of sp³-hybridized carbons (Fsp3) is 0.786. The molecule has 0 N–H and O–H groups in total. The van der Waals surface area contributed by atoms with Crippen LogP contribution in [0.2, 0.25) is 6.04 Å². The number of hydrogen-bond acceptors (Lipinski definition) is 8. The lowest BCUT2D eigenvalue weighted by molar-refractivity contribution is -0.148. The molecule has 0 aromatic rings. The highest BCUT2D eigenvalue weighted by molar-refractivity contribution is 6.65. The zero-order chi connectivity index (χ0) is 27.8. The minimum atomic E-state index is -3.67. The molecule has 0 saturated carbocycles.